The van der Waals surface area contributed by atoms with E-state index in [2.05, 4.69) is 0 Å². The maximum absolute atomic E-state index is 13.3. The molecule has 1 aromatic rings. The topological polar surface area (TPSA) is 17.1 Å². The van der Waals surface area contributed by atoms with E-state index in [0.717, 1.165) is 10.6 Å². The molecule has 0 N–H and O–H groups in total. The van der Waals surface area contributed by atoms with Crippen LogP contribution in [0, 0.1) is 5.82 Å². The molecule has 2 rings (SSSR count). The Morgan fingerprint density at radius 1 is 1.50 bits per heavy atom. The summed E-state index contributed by atoms with van der Waals surface area (Å²) >= 11 is 8.04. The van der Waals surface area contributed by atoms with Gasteiger partial charge < -0.3 is 0 Å². The average molecular weight is 223 g/mol. The SMILES string of the molecule is O=C(Cl)c1sc2c(c1F)CSC2. The van der Waals surface area contributed by atoms with Crippen molar-refractivity contribution in [1.29, 1.82) is 0 Å². The van der Waals surface area contributed by atoms with Crippen molar-refractivity contribution in [2.45, 2.75) is 11.5 Å². The molecule has 1 aliphatic heterocycles. The van der Waals surface area contributed by atoms with E-state index >= 15 is 0 Å². The number of carbonyl (C=O) groups is 1. The van der Waals surface area contributed by atoms with E-state index in [-0.39, 0.29) is 4.88 Å². The van der Waals surface area contributed by atoms with Crippen LogP contribution in [0.2, 0.25) is 0 Å². The zero-order valence-electron chi connectivity index (χ0n) is 5.89. The second kappa shape index (κ2) is 3.01. The van der Waals surface area contributed by atoms with Crippen LogP contribution in [0.4, 0.5) is 4.39 Å². The Balaban J connectivity index is 2.54. The summed E-state index contributed by atoms with van der Waals surface area (Å²) in [4.78, 5) is 11.7. The third kappa shape index (κ3) is 1.18. The van der Waals surface area contributed by atoms with Gasteiger partial charge in [0.15, 0.2) is 0 Å². The number of hydrogen-bond donors (Lipinski definition) is 0. The molecule has 0 aliphatic carbocycles. The molecule has 64 valence electrons. The van der Waals surface area contributed by atoms with Crippen molar-refractivity contribution in [3.63, 3.8) is 0 Å². The molecule has 0 atom stereocenters. The van der Waals surface area contributed by atoms with Crippen molar-refractivity contribution in [2.24, 2.45) is 0 Å². The fourth-order valence-corrected chi connectivity index (χ4v) is 3.69. The van der Waals surface area contributed by atoms with Gasteiger partial charge in [0.2, 0.25) is 0 Å². The monoisotopic (exact) mass is 222 g/mol. The molecule has 1 aromatic heterocycles. The lowest BCUT2D eigenvalue weighted by Gasteiger charge is -1.89. The summed E-state index contributed by atoms with van der Waals surface area (Å²) in [7, 11) is 0. The quantitative estimate of drug-likeness (QED) is 0.680. The van der Waals surface area contributed by atoms with Gasteiger partial charge >= 0.3 is 0 Å². The van der Waals surface area contributed by atoms with E-state index in [0.29, 0.717) is 11.3 Å². The second-order valence-corrected chi connectivity index (χ2v) is 4.85. The van der Waals surface area contributed by atoms with Crippen LogP contribution in [0.25, 0.3) is 0 Å². The predicted molar refractivity (Wildman–Crippen MR) is 49.5 cm³/mol. The highest BCUT2D eigenvalue weighted by atomic mass is 35.5. The van der Waals surface area contributed by atoms with Crippen molar-refractivity contribution >= 4 is 39.9 Å². The standard InChI is InChI=1S/C7H4ClFOS2/c8-7(10)6-5(9)3-1-11-2-4(3)12-6/h1-2H2. The lowest BCUT2D eigenvalue weighted by atomic mass is 10.3. The first kappa shape index (κ1) is 8.53. The van der Waals surface area contributed by atoms with Gasteiger partial charge in [0.25, 0.3) is 5.24 Å². The molecular formula is C7H4ClFOS2. The summed E-state index contributed by atoms with van der Waals surface area (Å²) in [5.41, 5.74) is 0.675. The zero-order chi connectivity index (χ0) is 8.72. The molecule has 0 bridgehead atoms. The lowest BCUT2D eigenvalue weighted by molar-refractivity contribution is 0.108. The van der Waals surface area contributed by atoms with E-state index in [4.69, 9.17) is 11.6 Å². The van der Waals surface area contributed by atoms with Crippen molar-refractivity contribution in [2.75, 3.05) is 0 Å². The molecule has 0 saturated heterocycles. The van der Waals surface area contributed by atoms with Crippen LogP contribution in [0.15, 0.2) is 0 Å². The van der Waals surface area contributed by atoms with Gasteiger partial charge in [-0.25, -0.2) is 4.39 Å². The highest BCUT2D eigenvalue weighted by Crippen LogP contribution is 2.39. The van der Waals surface area contributed by atoms with Gasteiger partial charge in [-0.15, -0.1) is 11.3 Å². The Morgan fingerprint density at radius 2 is 2.25 bits per heavy atom. The maximum Gasteiger partial charge on any atom is 0.265 e. The predicted octanol–water partition coefficient (Wildman–Crippen LogP) is 3.01. The van der Waals surface area contributed by atoms with Crippen molar-refractivity contribution in [1.82, 2.24) is 0 Å². The maximum atomic E-state index is 13.3. The number of carbonyl (C=O) groups excluding carboxylic acids is 1. The zero-order valence-corrected chi connectivity index (χ0v) is 8.28. The van der Waals surface area contributed by atoms with Gasteiger partial charge in [-0.05, 0) is 11.6 Å². The number of rotatable bonds is 1. The Morgan fingerprint density at radius 3 is 2.83 bits per heavy atom. The van der Waals surface area contributed by atoms with E-state index < -0.39 is 11.1 Å². The Labute approximate surface area is 81.9 Å². The fraction of sp³-hybridized carbons (Fsp3) is 0.286. The van der Waals surface area contributed by atoms with E-state index in [1.165, 1.54) is 11.3 Å². The summed E-state index contributed by atoms with van der Waals surface area (Å²) < 4.78 is 13.3. The Hall–Kier alpha value is -0.0600. The third-order valence-corrected chi connectivity index (χ3v) is 4.36. The lowest BCUT2D eigenvalue weighted by Crippen LogP contribution is -1.89. The van der Waals surface area contributed by atoms with Crippen LogP contribution in [0.1, 0.15) is 20.1 Å². The van der Waals surface area contributed by atoms with Gasteiger partial charge in [0, 0.05) is 21.9 Å². The molecule has 0 unspecified atom stereocenters. The molecule has 1 aliphatic rings. The number of halogens is 2. The molecule has 12 heavy (non-hydrogen) atoms. The summed E-state index contributed by atoms with van der Waals surface area (Å²) in [5.74, 6) is 1.07. The van der Waals surface area contributed by atoms with Crippen LogP contribution >= 0.6 is 34.7 Å². The minimum absolute atomic E-state index is 0.0713. The van der Waals surface area contributed by atoms with Crippen LogP contribution < -0.4 is 0 Å². The Kier molecular flexibility index (Phi) is 2.14. The molecule has 0 saturated carbocycles. The number of fused-ring (bicyclic) bond motifs is 1. The fourth-order valence-electron chi connectivity index (χ4n) is 1.12. The van der Waals surface area contributed by atoms with Gasteiger partial charge in [0.1, 0.15) is 10.7 Å². The smallest absolute Gasteiger partial charge is 0.265 e. The second-order valence-electron chi connectivity index (χ2n) is 2.41. The van der Waals surface area contributed by atoms with Crippen LogP contribution in [-0.2, 0) is 11.5 Å². The van der Waals surface area contributed by atoms with E-state index in [1.807, 2.05) is 0 Å². The van der Waals surface area contributed by atoms with Crippen LogP contribution in [0.5, 0.6) is 0 Å². The number of thioether (sulfide) groups is 1. The number of hydrogen-bond acceptors (Lipinski definition) is 3. The molecule has 5 heteroatoms. The molecule has 0 radical (unpaired) electrons. The molecule has 0 spiro atoms. The molecule has 0 aromatic carbocycles. The highest BCUT2D eigenvalue weighted by molar-refractivity contribution is 7.98. The van der Waals surface area contributed by atoms with Gasteiger partial charge in [0.05, 0.1) is 0 Å². The van der Waals surface area contributed by atoms with Gasteiger partial charge in [-0.1, -0.05) is 0 Å². The van der Waals surface area contributed by atoms with Crippen LogP contribution in [-0.4, -0.2) is 5.24 Å². The summed E-state index contributed by atoms with van der Waals surface area (Å²) in [6.45, 7) is 0. The highest BCUT2D eigenvalue weighted by Gasteiger charge is 2.25. The molecule has 0 fully saturated rings. The van der Waals surface area contributed by atoms with E-state index in [9.17, 15) is 9.18 Å². The first-order valence-corrected chi connectivity index (χ1v) is 5.62. The Bertz CT molecular complexity index is 347. The number of thiophene rings is 1. The van der Waals surface area contributed by atoms with E-state index in [1.54, 1.807) is 11.8 Å². The summed E-state index contributed by atoms with van der Waals surface area (Å²) in [6.07, 6.45) is 0. The first-order valence-electron chi connectivity index (χ1n) is 3.27. The minimum Gasteiger partial charge on any atom is -0.275 e. The minimum atomic E-state index is -0.683. The van der Waals surface area contributed by atoms with Gasteiger partial charge in [-0.3, -0.25) is 4.79 Å². The molecule has 0 amide bonds. The third-order valence-electron chi connectivity index (χ3n) is 1.68. The first-order chi connectivity index (χ1) is 5.70. The van der Waals surface area contributed by atoms with Crippen molar-refractivity contribution < 1.29 is 9.18 Å². The molecule has 1 nitrogen and oxygen atoms in total. The normalized spacial score (nSPS) is 14.8. The molecule has 2 heterocycles. The van der Waals surface area contributed by atoms with Gasteiger partial charge in [-0.2, -0.15) is 11.8 Å². The van der Waals surface area contributed by atoms with Crippen LogP contribution in [0.3, 0.4) is 0 Å². The van der Waals surface area contributed by atoms with Crippen molar-refractivity contribution in [3.05, 3.63) is 21.1 Å². The largest absolute Gasteiger partial charge is 0.275 e. The summed E-state index contributed by atoms with van der Waals surface area (Å²) in [6, 6.07) is 0. The average Bonchev–Trinajstić information content (AvgIpc) is 2.53. The molecular weight excluding hydrogens is 219 g/mol. The van der Waals surface area contributed by atoms with Crippen molar-refractivity contribution in [3.8, 4) is 0 Å². The summed E-state index contributed by atoms with van der Waals surface area (Å²) in [5, 5.41) is -0.683.